The molecule has 1 aromatic heterocycles. The van der Waals surface area contributed by atoms with Gasteiger partial charge in [-0.3, -0.25) is 4.99 Å². The van der Waals surface area contributed by atoms with Gasteiger partial charge in [-0.1, -0.05) is 0 Å². The number of hydrogen-bond donors (Lipinski definition) is 2. The molecule has 11 heteroatoms. The van der Waals surface area contributed by atoms with Crippen molar-refractivity contribution in [3.05, 3.63) is 16.1 Å². The molecular weight excluding hydrogens is 472 g/mol. The van der Waals surface area contributed by atoms with Gasteiger partial charge in [0.05, 0.1) is 19.8 Å². The molecule has 6 nitrogen and oxygen atoms in total. The maximum Gasteiger partial charge on any atom is 0.434 e. The normalized spacial score (nSPS) is 12.0. The van der Waals surface area contributed by atoms with Crippen LogP contribution in [0.3, 0.4) is 0 Å². The molecule has 0 aliphatic rings. The number of guanidine groups is 1. The Morgan fingerprint density at radius 1 is 1.24 bits per heavy atom. The van der Waals surface area contributed by atoms with Crippen LogP contribution >= 0.6 is 35.3 Å². The van der Waals surface area contributed by atoms with Gasteiger partial charge in [0.25, 0.3) is 0 Å². The Labute approximate surface area is 166 Å². The molecule has 0 atom stereocenters. The Bertz CT molecular complexity index is 501. The van der Waals surface area contributed by atoms with Gasteiger partial charge < -0.3 is 20.1 Å². The van der Waals surface area contributed by atoms with Crippen LogP contribution in [0.15, 0.2) is 10.4 Å². The van der Waals surface area contributed by atoms with Crippen LogP contribution in [-0.2, 0) is 22.2 Å². The van der Waals surface area contributed by atoms with E-state index in [0.29, 0.717) is 37.3 Å². The number of aliphatic imine (C=N–C) groups is 1. The van der Waals surface area contributed by atoms with Crippen LogP contribution in [0.1, 0.15) is 23.5 Å². The third-order valence-electron chi connectivity index (χ3n) is 2.91. The monoisotopic (exact) mass is 496 g/mol. The standard InChI is InChI=1S/C14H23F3N4O2S.HI/c1-18-13(19-5-3-4-6-23-8-7-22-2)20-9-12-21-11(10-24-12)14(15,16)17;/h10H,3-9H2,1-2H3,(H2,18,19,20);1H. The van der Waals surface area contributed by atoms with E-state index in [0.717, 1.165) is 29.6 Å². The average molecular weight is 496 g/mol. The lowest BCUT2D eigenvalue weighted by atomic mass is 10.3. The molecule has 0 saturated carbocycles. The summed E-state index contributed by atoms with van der Waals surface area (Å²) in [6, 6.07) is 0. The molecule has 0 aromatic carbocycles. The molecule has 0 fully saturated rings. The van der Waals surface area contributed by atoms with Gasteiger partial charge in [-0.25, -0.2) is 4.98 Å². The van der Waals surface area contributed by atoms with Crippen molar-refractivity contribution >= 4 is 41.3 Å². The number of aromatic nitrogens is 1. The lowest BCUT2D eigenvalue weighted by Crippen LogP contribution is -2.37. The molecule has 0 aliphatic heterocycles. The highest BCUT2D eigenvalue weighted by Crippen LogP contribution is 2.29. The molecule has 0 radical (unpaired) electrons. The topological polar surface area (TPSA) is 67.8 Å². The SMILES string of the molecule is CN=C(NCCCCOCCOC)NCc1nc(C(F)(F)F)cs1.I. The molecule has 1 heterocycles. The van der Waals surface area contributed by atoms with E-state index in [1.54, 1.807) is 14.2 Å². The summed E-state index contributed by atoms with van der Waals surface area (Å²) in [5, 5.41) is 7.40. The molecule has 0 saturated heterocycles. The summed E-state index contributed by atoms with van der Waals surface area (Å²) < 4.78 is 47.6. The zero-order valence-corrected chi connectivity index (χ0v) is 17.3. The van der Waals surface area contributed by atoms with Gasteiger partial charge in [0.15, 0.2) is 11.7 Å². The molecule has 1 aromatic rings. The fourth-order valence-corrected chi connectivity index (χ4v) is 2.42. The second-order valence-corrected chi connectivity index (χ2v) is 5.73. The van der Waals surface area contributed by atoms with Crippen molar-refractivity contribution in [1.82, 2.24) is 15.6 Å². The fraction of sp³-hybridized carbons (Fsp3) is 0.714. The molecule has 25 heavy (non-hydrogen) atoms. The number of rotatable bonds is 10. The smallest absolute Gasteiger partial charge is 0.382 e. The third kappa shape index (κ3) is 10.8. The Balaban J connectivity index is 0.00000576. The van der Waals surface area contributed by atoms with Crippen LogP contribution in [-0.4, -0.2) is 51.5 Å². The summed E-state index contributed by atoms with van der Waals surface area (Å²) in [6.45, 7) is 2.72. The van der Waals surface area contributed by atoms with Crippen LogP contribution in [0.5, 0.6) is 0 Å². The average Bonchev–Trinajstić information content (AvgIpc) is 3.02. The van der Waals surface area contributed by atoms with Crippen molar-refractivity contribution in [1.29, 1.82) is 0 Å². The highest BCUT2D eigenvalue weighted by Gasteiger charge is 2.33. The first kappa shape index (κ1) is 24.3. The first-order chi connectivity index (χ1) is 11.5. The summed E-state index contributed by atoms with van der Waals surface area (Å²) in [6.07, 6.45) is -2.61. The lowest BCUT2D eigenvalue weighted by molar-refractivity contribution is -0.140. The van der Waals surface area contributed by atoms with E-state index in [1.165, 1.54) is 0 Å². The van der Waals surface area contributed by atoms with Gasteiger partial charge in [0.2, 0.25) is 0 Å². The molecule has 0 unspecified atom stereocenters. The molecule has 0 spiro atoms. The van der Waals surface area contributed by atoms with E-state index in [2.05, 4.69) is 20.6 Å². The maximum absolute atomic E-state index is 12.5. The Morgan fingerprint density at radius 3 is 2.60 bits per heavy atom. The Kier molecular flexibility index (Phi) is 13.2. The highest BCUT2D eigenvalue weighted by molar-refractivity contribution is 14.0. The van der Waals surface area contributed by atoms with Crippen molar-refractivity contribution < 1.29 is 22.6 Å². The minimum Gasteiger partial charge on any atom is -0.382 e. The van der Waals surface area contributed by atoms with Gasteiger partial charge in [-0.15, -0.1) is 35.3 Å². The molecular formula is C14H24F3IN4O2S. The number of nitrogens with one attached hydrogen (secondary N) is 2. The van der Waals surface area contributed by atoms with Crippen molar-refractivity contribution in [3.63, 3.8) is 0 Å². The quantitative estimate of drug-likeness (QED) is 0.226. The predicted octanol–water partition coefficient (Wildman–Crippen LogP) is 2.89. The van der Waals surface area contributed by atoms with Crippen molar-refractivity contribution in [3.8, 4) is 0 Å². The zero-order chi connectivity index (χ0) is 17.8. The maximum atomic E-state index is 12.5. The number of halogens is 4. The third-order valence-corrected chi connectivity index (χ3v) is 3.76. The van der Waals surface area contributed by atoms with E-state index < -0.39 is 11.9 Å². The Hall–Kier alpha value is -0.660. The second-order valence-electron chi connectivity index (χ2n) is 4.79. The van der Waals surface area contributed by atoms with E-state index in [9.17, 15) is 13.2 Å². The lowest BCUT2D eigenvalue weighted by Gasteiger charge is -2.11. The number of hydrogen-bond acceptors (Lipinski definition) is 5. The summed E-state index contributed by atoms with van der Waals surface area (Å²) >= 11 is 0.967. The number of methoxy groups -OCH3 is 1. The van der Waals surface area contributed by atoms with Gasteiger partial charge in [0, 0.05) is 32.7 Å². The highest BCUT2D eigenvalue weighted by atomic mass is 127. The van der Waals surface area contributed by atoms with Crippen molar-refractivity contribution in [2.45, 2.75) is 25.6 Å². The molecule has 1 rings (SSSR count). The number of unbranched alkanes of at least 4 members (excludes halogenated alkanes) is 1. The first-order valence-electron chi connectivity index (χ1n) is 7.50. The minimum atomic E-state index is -4.40. The zero-order valence-electron chi connectivity index (χ0n) is 14.2. The van der Waals surface area contributed by atoms with Crippen LogP contribution in [0, 0.1) is 0 Å². The predicted molar refractivity (Wildman–Crippen MR) is 103 cm³/mol. The minimum absolute atomic E-state index is 0. The molecule has 146 valence electrons. The van der Waals surface area contributed by atoms with Crippen LogP contribution in [0.4, 0.5) is 13.2 Å². The van der Waals surface area contributed by atoms with Crippen LogP contribution in [0.2, 0.25) is 0 Å². The number of thiazole rings is 1. The molecule has 0 amide bonds. The van der Waals surface area contributed by atoms with E-state index in [4.69, 9.17) is 9.47 Å². The van der Waals surface area contributed by atoms with Crippen LogP contribution in [0.25, 0.3) is 0 Å². The van der Waals surface area contributed by atoms with Gasteiger partial charge in [-0.05, 0) is 12.8 Å². The van der Waals surface area contributed by atoms with E-state index in [-0.39, 0.29) is 30.5 Å². The molecule has 0 bridgehead atoms. The van der Waals surface area contributed by atoms with Gasteiger partial charge in [-0.2, -0.15) is 13.2 Å². The molecule has 0 aliphatic carbocycles. The number of nitrogens with zero attached hydrogens (tertiary/aromatic N) is 2. The van der Waals surface area contributed by atoms with Crippen molar-refractivity contribution in [2.75, 3.05) is 40.5 Å². The second kappa shape index (κ2) is 13.5. The van der Waals surface area contributed by atoms with Gasteiger partial charge >= 0.3 is 6.18 Å². The largest absolute Gasteiger partial charge is 0.434 e. The summed E-state index contributed by atoms with van der Waals surface area (Å²) in [4.78, 5) is 7.57. The number of alkyl halides is 3. The fourth-order valence-electron chi connectivity index (χ4n) is 1.68. The summed E-state index contributed by atoms with van der Waals surface area (Å²) in [5.74, 6) is 0.527. The van der Waals surface area contributed by atoms with E-state index in [1.807, 2.05) is 0 Å². The molecule has 2 N–H and O–H groups in total. The van der Waals surface area contributed by atoms with Crippen LogP contribution < -0.4 is 10.6 Å². The first-order valence-corrected chi connectivity index (χ1v) is 8.38. The van der Waals surface area contributed by atoms with Crippen molar-refractivity contribution in [2.24, 2.45) is 4.99 Å². The Morgan fingerprint density at radius 2 is 2.00 bits per heavy atom. The van der Waals surface area contributed by atoms with Gasteiger partial charge in [0.1, 0.15) is 5.01 Å². The summed E-state index contributed by atoms with van der Waals surface area (Å²) in [7, 11) is 3.23. The summed E-state index contributed by atoms with van der Waals surface area (Å²) in [5.41, 5.74) is -0.860. The number of ether oxygens (including phenoxy) is 2. The van der Waals surface area contributed by atoms with E-state index >= 15 is 0 Å².